The maximum atomic E-state index is 12.7. The lowest BCUT2D eigenvalue weighted by Crippen LogP contribution is -2.38. The number of aromatic amines is 1. The Balaban J connectivity index is 1.07. The Morgan fingerprint density at radius 3 is 2.58 bits per heavy atom. The topological polar surface area (TPSA) is 86.8 Å². The van der Waals surface area contributed by atoms with Gasteiger partial charge in [-0.25, -0.2) is 4.98 Å². The van der Waals surface area contributed by atoms with E-state index in [2.05, 4.69) is 26.1 Å². The molecule has 0 saturated carbocycles. The number of piperidine rings is 1. The van der Waals surface area contributed by atoms with Crippen LogP contribution in [0, 0.1) is 0 Å². The van der Waals surface area contributed by atoms with E-state index in [0.29, 0.717) is 38.4 Å². The first-order valence-electron chi connectivity index (χ1n) is 11.8. The largest absolute Gasteiger partial charge is 0.416 e. The molecule has 2 aromatic carbocycles. The smallest absolute Gasteiger partial charge is 0.379 e. The molecular weight excluding hydrogens is 489 g/mol. The molecule has 0 unspecified atom stereocenters. The summed E-state index contributed by atoms with van der Waals surface area (Å²) < 4.78 is 38.1. The molecule has 0 spiro atoms. The minimum atomic E-state index is -4.35. The first-order valence-corrected chi connectivity index (χ1v) is 12.7. The summed E-state index contributed by atoms with van der Waals surface area (Å²) in [7, 11) is 0. The normalized spacial score (nSPS) is 14.9. The first-order chi connectivity index (χ1) is 17.3. The number of benzene rings is 2. The molecule has 1 amide bonds. The predicted octanol–water partition coefficient (Wildman–Crippen LogP) is 5.38. The summed E-state index contributed by atoms with van der Waals surface area (Å²) >= 11 is 1.65. The van der Waals surface area contributed by atoms with Gasteiger partial charge in [-0.05, 0) is 55.2 Å². The van der Waals surface area contributed by atoms with Crippen LogP contribution in [0.15, 0.2) is 47.8 Å². The number of aromatic nitrogens is 4. The lowest BCUT2D eigenvalue weighted by molar-refractivity contribution is -0.137. The fourth-order valence-electron chi connectivity index (χ4n) is 4.38. The van der Waals surface area contributed by atoms with Gasteiger partial charge in [-0.1, -0.05) is 12.1 Å². The van der Waals surface area contributed by atoms with E-state index >= 15 is 0 Å². The van der Waals surface area contributed by atoms with Crippen LogP contribution < -0.4 is 5.32 Å². The van der Waals surface area contributed by atoms with E-state index in [4.69, 9.17) is 4.98 Å². The summed E-state index contributed by atoms with van der Waals surface area (Å²) in [6.45, 7) is 1.95. The van der Waals surface area contributed by atoms with E-state index < -0.39 is 11.7 Å². The predicted molar refractivity (Wildman–Crippen MR) is 132 cm³/mol. The molecule has 1 aliphatic heterocycles. The Kier molecular flexibility index (Phi) is 6.90. The number of hydrogen-bond donors (Lipinski definition) is 2. The van der Waals surface area contributed by atoms with Gasteiger partial charge >= 0.3 is 6.18 Å². The number of nitrogens with one attached hydrogen (secondary N) is 2. The molecular formula is C25H25F3N6OS. The first kappa shape index (κ1) is 24.2. The molecule has 0 atom stereocenters. The number of thiazole rings is 1. The maximum absolute atomic E-state index is 12.7. The van der Waals surface area contributed by atoms with Crippen LogP contribution in [0.2, 0.25) is 0 Å². The lowest BCUT2D eigenvalue weighted by Gasteiger charge is -2.31. The van der Waals surface area contributed by atoms with E-state index in [1.165, 1.54) is 12.1 Å². The average Bonchev–Trinajstić information content (AvgIpc) is 3.55. The van der Waals surface area contributed by atoms with Gasteiger partial charge in [0.15, 0.2) is 0 Å². The molecule has 7 nitrogen and oxygen atoms in total. The summed E-state index contributed by atoms with van der Waals surface area (Å²) in [6, 6.07) is 10.8. The molecule has 1 aliphatic rings. The zero-order valence-electron chi connectivity index (χ0n) is 19.4. The number of anilines is 1. The molecule has 2 aromatic heterocycles. The minimum Gasteiger partial charge on any atom is -0.379 e. The van der Waals surface area contributed by atoms with E-state index in [1.54, 1.807) is 11.3 Å². The highest BCUT2D eigenvalue weighted by molar-refractivity contribution is 7.09. The second kappa shape index (κ2) is 10.3. The number of amides is 1. The quantitative estimate of drug-likeness (QED) is 0.346. The van der Waals surface area contributed by atoms with E-state index in [1.807, 2.05) is 23.1 Å². The van der Waals surface area contributed by atoms with Crippen molar-refractivity contribution in [2.75, 3.05) is 18.4 Å². The number of H-pyrrole nitrogens is 1. The van der Waals surface area contributed by atoms with Gasteiger partial charge in [0.05, 0.1) is 22.8 Å². The Labute approximate surface area is 209 Å². The molecule has 0 radical (unpaired) electrons. The van der Waals surface area contributed by atoms with Crippen LogP contribution in [0.1, 0.15) is 47.0 Å². The van der Waals surface area contributed by atoms with Crippen molar-refractivity contribution in [3.63, 3.8) is 0 Å². The molecule has 4 aromatic rings. The van der Waals surface area contributed by atoms with Gasteiger partial charge in [0, 0.05) is 36.5 Å². The Bertz CT molecular complexity index is 1330. The van der Waals surface area contributed by atoms with Crippen LogP contribution in [0.25, 0.3) is 11.0 Å². The fraction of sp³-hybridized carbons (Fsp3) is 0.360. The standard InChI is InChI=1S/C25H25F3N6OS/c26-25(27,28)18-4-1-16(2-5-18)3-8-23(35)34-11-9-17(10-12-34)24-30-20(15-36-24)14-29-19-6-7-21-22(13-19)32-33-31-21/h1-2,4-7,13,15,17,29H,3,8-12,14H2,(H,31,32,33). The van der Waals surface area contributed by atoms with Crippen LogP contribution in [-0.4, -0.2) is 44.3 Å². The van der Waals surface area contributed by atoms with E-state index in [-0.39, 0.29) is 5.91 Å². The second-order valence-corrected chi connectivity index (χ2v) is 9.80. The zero-order valence-corrected chi connectivity index (χ0v) is 20.2. The van der Waals surface area contributed by atoms with Gasteiger partial charge in [-0.2, -0.15) is 28.6 Å². The van der Waals surface area contributed by atoms with Crippen molar-refractivity contribution in [2.45, 2.75) is 44.3 Å². The van der Waals surface area contributed by atoms with Crippen molar-refractivity contribution in [3.8, 4) is 0 Å². The summed E-state index contributed by atoms with van der Waals surface area (Å²) in [5.74, 6) is 0.371. The van der Waals surface area contributed by atoms with Gasteiger partial charge in [-0.15, -0.1) is 11.3 Å². The SMILES string of the molecule is O=C(CCc1ccc(C(F)(F)F)cc1)N1CCC(c2nc(CNc3ccc4n[nH]nc4c3)cs2)CC1. The highest BCUT2D eigenvalue weighted by Gasteiger charge is 2.30. The van der Waals surface area contributed by atoms with Gasteiger partial charge < -0.3 is 10.2 Å². The van der Waals surface area contributed by atoms with E-state index in [0.717, 1.165) is 58.0 Å². The third-order valence-electron chi connectivity index (χ3n) is 6.47. The van der Waals surface area contributed by atoms with Crippen molar-refractivity contribution in [3.05, 3.63) is 69.7 Å². The lowest BCUT2D eigenvalue weighted by atomic mass is 9.97. The number of fused-ring (bicyclic) bond motifs is 1. The summed E-state index contributed by atoms with van der Waals surface area (Å²) in [5, 5.41) is 17.3. The third-order valence-corrected chi connectivity index (χ3v) is 7.52. The Hall–Kier alpha value is -3.47. The Morgan fingerprint density at radius 1 is 1.08 bits per heavy atom. The molecule has 3 heterocycles. The minimum absolute atomic E-state index is 0.0430. The number of alkyl halides is 3. The van der Waals surface area contributed by atoms with Gasteiger partial charge in [0.1, 0.15) is 11.0 Å². The number of rotatable bonds is 7. The maximum Gasteiger partial charge on any atom is 0.416 e. The summed E-state index contributed by atoms with van der Waals surface area (Å²) in [5.41, 5.74) is 3.62. The number of carbonyl (C=O) groups is 1. The van der Waals surface area contributed by atoms with E-state index in [9.17, 15) is 18.0 Å². The van der Waals surface area contributed by atoms with Gasteiger partial charge in [0.25, 0.3) is 0 Å². The molecule has 36 heavy (non-hydrogen) atoms. The third kappa shape index (κ3) is 5.67. The molecule has 0 bridgehead atoms. The fourth-order valence-corrected chi connectivity index (χ4v) is 5.37. The molecule has 1 fully saturated rings. The van der Waals surface area contributed by atoms with Crippen LogP contribution in [-0.2, 0) is 23.9 Å². The average molecular weight is 515 g/mol. The van der Waals surface area contributed by atoms with Gasteiger partial charge in [-0.3, -0.25) is 4.79 Å². The van der Waals surface area contributed by atoms with Crippen LogP contribution in [0.5, 0.6) is 0 Å². The highest BCUT2D eigenvalue weighted by Crippen LogP contribution is 2.31. The number of aryl methyl sites for hydroxylation is 1. The number of hydrogen-bond acceptors (Lipinski definition) is 6. The molecule has 11 heteroatoms. The monoisotopic (exact) mass is 514 g/mol. The Morgan fingerprint density at radius 2 is 1.83 bits per heavy atom. The number of nitrogens with zero attached hydrogens (tertiary/aromatic N) is 4. The van der Waals surface area contributed by atoms with Crippen LogP contribution in [0.3, 0.4) is 0 Å². The van der Waals surface area contributed by atoms with Crippen molar-refractivity contribution in [1.29, 1.82) is 0 Å². The number of halogens is 3. The molecule has 1 saturated heterocycles. The van der Waals surface area contributed by atoms with Crippen molar-refractivity contribution in [2.24, 2.45) is 0 Å². The summed E-state index contributed by atoms with van der Waals surface area (Å²) in [4.78, 5) is 19.3. The number of likely N-dealkylation sites (tertiary alicyclic amines) is 1. The number of carbonyl (C=O) groups excluding carboxylic acids is 1. The molecule has 2 N–H and O–H groups in total. The molecule has 0 aliphatic carbocycles. The van der Waals surface area contributed by atoms with Crippen molar-refractivity contribution >= 4 is 34.0 Å². The van der Waals surface area contributed by atoms with Gasteiger partial charge in [0.2, 0.25) is 5.91 Å². The van der Waals surface area contributed by atoms with Crippen LogP contribution in [0.4, 0.5) is 18.9 Å². The van der Waals surface area contributed by atoms with Crippen LogP contribution >= 0.6 is 11.3 Å². The molecule has 188 valence electrons. The van der Waals surface area contributed by atoms with Crippen molar-refractivity contribution in [1.82, 2.24) is 25.3 Å². The summed E-state index contributed by atoms with van der Waals surface area (Å²) in [6.07, 6.45) is -1.91. The van der Waals surface area contributed by atoms with Crippen molar-refractivity contribution < 1.29 is 18.0 Å². The highest BCUT2D eigenvalue weighted by atomic mass is 32.1. The zero-order chi connectivity index (χ0) is 25.1. The second-order valence-electron chi connectivity index (χ2n) is 8.91. The molecule has 5 rings (SSSR count).